The molecular formula is C18H28N2O8. The van der Waals surface area contributed by atoms with Crippen LogP contribution in [0.1, 0.15) is 27.7 Å². The molecular weight excluding hydrogens is 372 g/mol. The van der Waals surface area contributed by atoms with Crippen molar-refractivity contribution in [2.24, 2.45) is 11.8 Å². The monoisotopic (exact) mass is 400 g/mol. The standard InChI is InChI=1S/C18H28N2O8/c1-9(2)17(23)19-5-13(21)27-11-7-25-16-12(8-26-15(11)16)28-14(22)6-20-18(24)10(3)4/h9-12,15-16H,5-8H2,1-4H3,(H,19,23)(H,20,24)/t11-,12-,15+,16+/m0/s1. The third kappa shape index (κ3) is 5.90. The second-order valence-electron chi connectivity index (χ2n) is 7.40. The van der Waals surface area contributed by atoms with Gasteiger partial charge in [0.25, 0.3) is 0 Å². The first-order chi connectivity index (χ1) is 13.2. The minimum atomic E-state index is -0.641. The summed E-state index contributed by atoms with van der Waals surface area (Å²) in [6, 6.07) is 0. The Kier molecular flexibility index (Phi) is 7.76. The van der Waals surface area contributed by atoms with Crippen LogP contribution in [0.2, 0.25) is 0 Å². The quantitative estimate of drug-likeness (QED) is 0.504. The number of hydrogen-bond donors (Lipinski definition) is 2. The van der Waals surface area contributed by atoms with Crippen molar-refractivity contribution in [2.45, 2.75) is 52.1 Å². The predicted molar refractivity (Wildman–Crippen MR) is 94.9 cm³/mol. The molecule has 2 aliphatic heterocycles. The Hall–Kier alpha value is -2.20. The molecule has 10 heteroatoms. The van der Waals surface area contributed by atoms with Crippen LogP contribution >= 0.6 is 0 Å². The fraction of sp³-hybridized carbons (Fsp3) is 0.778. The summed E-state index contributed by atoms with van der Waals surface area (Å²) in [5, 5.41) is 4.96. The van der Waals surface area contributed by atoms with Gasteiger partial charge in [-0.2, -0.15) is 0 Å². The molecule has 0 aromatic rings. The summed E-state index contributed by atoms with van der Waals surface area (Å²) < 4.78 is 21.8. The number of nitrogens with one attached hydrogen (secondary N) is 2. The molecule has 158 valence electrons. The minimum absolute atomic E-state index is 0.108. The van der Waals surface area contributed by atoms with Gasteiger partial charge in [0.05, 0.1) is 13.2 Å². The van der Waals surface area contributed by atoms with E-state index >= 15 is 0 Å². The van der Waals surface area contributed by atoms with Crippen molar-refractivity contribution >= 4 is 23.8 Å². The maximum atomic E-state index is 11.9. The molecule has 2 aliphatic rings. The molecule has 0 aromatic carbocycles. The predicted octanol–water partition coefficient (Wildman–Crippen LogP) is -0.848. The second-order valence-corrected chi connectivity index (χ2v) is 7.40. The molecule has 0 saturated carbocycles. The van der Waals surface area contributed by atoms with Crippen LogP contribution in [0.5, 0.6) is 0 Å². The highest BCUT2D eigenvalue weighted by Crippen LogP contribution is 2.30. The van der Waals surface area contributed by atoms with E-state index in [0.717, 1.165) is 0 Å². The smallest absolute Gasteiger partial charge is 0.325 e. The fourth-order valence-electron chi connectivity index (χ4n) is 2.78. The van der Waals surface area contributed by atoms with Crippen LogP contribution in [0.4, 0.5) is 0 Å². The van der Waals surface area contributed by atoms with Gasteiger partial charge in [-0.05, 0) is 0 Å². The van der Waals surface area contributed by atoms with Gasteiger partial charge in [0.1, 0.15) is 25.3 Å². The van der Waals surface area contributed by atoms with E-state index in [9.17, 15) is 19.2 Å². The van der Waals surface area contributed by atoms with Gasteiger partial charge in [0.2, 0.25) is 11.8 Å². The lowest BCUT2D eigenvalue weighted by molar-refractivity contribution is -0.155. The maximum absolute atomic E-state index is 11.9. The zero-order chi connectivity index (χ0) is 20.8. The average molecular weight is 400 g/mol. The van der Waals surface area contributed by atoms with Crippen molar-refractivity contribution < 1.29 is 38.1 Å². The normalized spacial score (nSPS) is 26.1. The van der Waals surface area contributed by atoms with Gasteiger partial charge in [-0.25, -0.2) is 0 Å². The molecule has 0 unspecified atom stereocenters. The molecule has 2 rings (SSSR count). The van der Waals surface area contributed by atoms with Gasteiger partial charge in [0.15, 0.2) is 12.2 Å². The number of hydrogen-bond acceptors (Lipinski definition) is 8. The van der Waals surface area contributed by atoms with Gasteiger partial charge in [-0.3, -0.25) is 19.2 Å². The molecule has 0 spiro atoms. The van der Waals surface area contributed by atoms with E-state index in [0.29, 0.717) is 0 Å². The van der Waals surface area contributed by atoms with E-state index in [1.165, 1.54) is 0 Å². The topological polar surface area (TPSA) is 129 Å². The third-order valence-electron chi connectivity index (χ3n) is 4.39. The van der Waals surface area contributed by atoms with Gasteiger partial charge in [-0.15, -0.1) is 0 Å². The number of esters is 2. The molecule has 2 saturated heterocycles. The molecule has 28 heavy (non-hydrogen) atoms. The zero-order valence-corrected chi connectivity index (χ0v) is 16.6. The van der Waals surface area contributed by atoms with Crippen LogP contribution in [0.3, 0.4) is 0 Å². The molecule has 0 aliphatic carbocycles. The van der Waals surface area contributed by atoms with Crippen molar-refractivity contribution in [3.8, 4) is 0 Å². The summed E-state index contributed by atoms with van der Waals surface area (Å²) in [4.78, 5) is 46.8. The number of ether oxygens (including phenoxy) is 4. The number of carbonyl (C=O) groups excluding carboxylic acids is 4. The SMILES string of the molecule is CC(C)C(=O)NCC(=O)O[C@H]1CO[C@H]2[C@@H]1OC[C@@H]2OC(=O)CNC(=O)C(C)C. The summed E-state index contributed by atoms with van der Waals surface area (Å²) in [6.07, 6.45) is -2.38. The Morgan fingerprint density at radius 2 is 1.14 bits per heavy atom. The van der Waals surface area contributed by atoms with Gasteiger partial charge < -0.3 is 29.6 Å². The van der Waals surface area contributed by atoms with E-state index in [4.69, 9.17) is 18.9 Å². The van der Waals surface area contributed by atoms with Gasteiger partial charge in [-0.1, -0.05) is 27.7 Å². The largest absolute Gasteiger partial charge is 0.456 e. The van der Waals surface area contributed by atoms with Crippen molar-refractivity contribution in [2.75, 3.05) is 26.3 Å². The zero-order valence-electron chi connectivity index (χ0n) is 16.6. The Bertz CT molecular complexity index is 554. The molecule has 2 fully saturated rings. The first kappa shape index (κ1) is 22.1. The highest BCUT2D eigenvalue weighted by Gasteiger charge is 2.51. The molecule has 2 amide bonds. The average Bonchev–Trinajstić information content (AvgIpc) is 3.21. The first-order valence-electron chi connectivity index (χ1n) is 9.36. The molecule has 0 radical (unpaired) electrons. The Morgan fingerprint density at radius 1 is 0.786 bits per heavy atom. The second kappa shape index (κ2) is 9.83. The van der Waals surface area contributed by atoms with E-state index in [1.807, 2.05) is 0 Å². The molecule has 10 nitrogen and oxygen atoms in total. The summed E-state index contributed by atoms with van der Waals surface area (Å²) >= 11 is 0. The molecule has 2 N–H and O–H groups in total. The summed E-state index contributed by atoms with van der Waals surface area (Å²) in [7, 11) is 0. The van der Waals surface area contributed by atoms with E-state index in [2.05, 4.69) is 10.6 Å². The van der Waals surface area contributed by atoms with E-state index in [-0.39, 0.29) is 50.0 Å². The third-order valence-corrected chi connectivity index (χ3v) is 4.39. The number of amides is 2. The van der Waals surface area contributed by atoms with Crippen molar-refractivity contribution in [1.82, 2.24) is 10.6 Å². The first-order valence-corrected chi connectivity index (χ1v) is 9.36. The highest BCUT2D eigenvalue weighted by molar-refractivity contribution is 5.83. The molecule has 4 atom stereocenters. The lowest BCUT2D eigenvalue weighted by Gasteiger charge is -2.17. The molecule has 2 heterocycles. The molecule has 0 bridgehead atoms. The maximum Gasteiger partial charge on any atom is 0.325 e. The van der Waals surface area contributed by atoms with Crippen LogP contribution in [-0.4, -0.2) is 74.5 Å². The lowest BCUT2D eigenvalue weighted by atomic mass is 10.1. The highest BCUT2D eigenvalue weighted by atomic mass is 16.7. The van der Waals surface area contributed by atoms with Gasteiger partial charge >= 0.3 is 11.9 Å². The van der Waals surface area contributed by atoms with E-state index in [1.54, 1.807) is 27.7 Å². The van der Waals surface area contributed by atoms with Crippen LogP contribution in [0, 0.1) is 11.8 Å². The van der Waals surface area contributed by atoms with Crippen LogP contribution in [0.15, 0.2) is 0 Å². The van der Waals surface area contributed by atoms with E-state index < -0.39 is 36.4 Å². The molecule has 0 aromatic heterocycles. The van der Waals surface area contributed by atoms with Crippen LogP contribution in [-0.2, 0) is 38.1 Å². The summed E-state index contributed by atoms with van der Waals surface area (Å²) in [5.41, 5.74) is 0. The lowest BCUT2D eigenvalue weighted by Crippen LogP contribution is -2.40. The van der Waals surface area contributed by atoms with Gasteiger partial charge in [0, 0.05) is 11.8 Å². The summed E-state index contributed by atoms with van der Waals surface area (Å²) in [6.45, 7) is 6.62. The van der Waals surface area contributed by atoms with Crippen molar-refractivity contribution in [1.29, 1.82) is 0 Å². The van der Waals surface area contributed by atoms with Crippen molar-refractivity contribution in [3.63, 3.8) is 0 Å². The number of fused-ring (bicyclic) bond motifs is 1. The minimum Gasteiger partial charge on any atom is -0.456 e. The Balaban J connectivity index is 1.75. The Morgan fingerprint density at radius 3 is 1.46 bits per heavy atom. The van der Waals surface area contributed by atoms with Crippen molar-refractivity contribution in [3.05, 3.63) is 0 Å². The fourth-order valence-corrected chi connectivity index (χ4v) is 2.78. The summed E-state index contributed by atoms with van der Waals surface area (Å²) in [5.74, 6) is -2.14. The van der Waals surface area contributed by atoms with Crippen LogP contribution in [0.25, 0.3) is 0 Å². The van der Waals surface area contributed by atoms with Crippen LogP contribution < -0.4 is 10.6 Å². The Labute approximate surface area is 163 Å². The number of carbonyl (C=O) groups is 4. The number of rotatable bonds is 8.